The molecule has 1 unspecified atom stereocenters. The number of nitrogens with zero attached hydrogens (tertiary/aromatic N) is 4. The second-order valence-corrected chi connectivity index (χ2v) is 8.28. The highest BCUT2D eigenvalue weighted by Crippen LogP contribution is 2.25. The van der Waals surface area contributed by atoms with Gasteiger partial charge in [-0.1, -0.05) is 35.9 Å². The van der Waals surface area contributed by atoms with Gasteiger partial charge in [-0.15, -0.1) is 0 Å². The Hall–Kier alpha value is -3.71. The van der Waals surface area contributed by atoms with Gasteiger partial charge in [0.05, 0.1) is 23.9 Å². The van der Waals surface area contributed by atoms with Gasteiger partial charge in [-0.05, 0) is 55.3 Å². The number of para-hydroxylation sites is 1. The number of hydrogen-bond acceptors (Lipinski definition) is 6. The summed E-state index contributed by atoms with van der Waals surface area (Å²) >= 11 is 6.50. The molecule has 166 valence electrons. The van der Waals surface area contributed by atoms with E-state index in [-0.39, 0.29) is 17.6 Å². The average Bonchev–Trinajstić information content (AvgIpc) is 2.84. The Labute approximate surface area is 195 Å². The second-order valence-electron chi connectivity index (χ2n) is 7.82. The third-order valence-electron chi connectivity index (χ3n) is 5.69. The summed E-state index contributed by atoms with van der Waals surface area (Å²) in [6.45, 7) is 1.98. The van der Waals surface area contributed by atoms with Crippen LogP contribution in [0.3, 0.4) is 0 Å². The highest BCUT2D eigenvalue weighted by molar-refractivity contribution is 6.45. The number of anilines is 1. The molecule has 4 aromatic rings. The molecule has 0 aliphatic heterocycles. The van der Waals surface area contributed by atoms with E-state index in [0.29, 0.717) is 33.5 Å². The largest absolute Gasteiger partial charge is 0.467 e. The molecular formula is C25H22ClN5O2. The lowest BCUT2D eigenvalue weighted by Crippen LogP contribution is -2.48. The number of ether oxygens (including phenoxy) is 1. The summed E-state index contributed by atoms with van der Waals surface area (Å²) < 4.78 is 7.00. The molecule has 33 heavy (non-hydrogen) atoms. The number of methoxy groups -OCH3 is 1. The minimum Gasteiger partial charge on any atom is -0.467 e. The van der Waals surface area contributed by atoms with Gasteiger partial charge in [0, 0.05) is 22.6 Å². The van der Waals surface area contributed by atoms with E-state index in [1.165, 1.54) is 7.11 Å². The molecule has 8 heteroatoms. The molecule has 3 aromatic heterocycles. The molecule has 1 N–H and O–H groups in total. The minimum atomic E-state index is -0.290. The molecule has 1 aliphatic rings. The zero-order chi connectivity index (χ0) is 22.9. The van der Waals surface area contributed by atoms with E-state index in [1.54, 1.807) is 10.8 Å². The van der Waals surface area contributed by atoms with E-state index < -0.39 is 0 Å². The van der Waals surface area contributed by atoms with Crippen LogP contribution >= 0.6 is 11.6 Å². The number of benzene rings is 1. The fourth-order valence-corrected chi connectivity index (χ4v) is 4.44. The van der Waals surface area contributed by atoms with Gasteiger partial charge in [-0.2, -0.15) is 9.97 Å². The Kier molecular flexibility index (Phi) is 5.56. The first-order valence-electron chi connectivity index (χ1n) is 10.7. The van der Waals surface area contributed by atoms with Crippen molar-refractivity contribution < 1.29 is 4.74 Å². The second kappa shape index (κ2) is 8.67. The third-order valence-corrected chi connectivity index (χ3v) is 6.07. The summed E-state index contributed by atoms with van der Waals surface area (Å²) in [7, 11) is 1.53. The predicted octanol–water partition coefficient (Wildman–Crippen LogP) is 3.28. The molecule has 0 spiro atoms. The van der Waals surface area contributed by atoms with E-state index in [9.17, 15) is 4.79 Å². The number of fused-ring (bicyclic) bond motifs is 2. The van der Waals surface area contributed by atoms with Gasteiger partial charge in [-0.3, -0.25) is 14.3 Å². The van der Waals surface area contributed by atoms with E-state index in [2.05, 4.69) is 26.3 Å². The van der Waals surface area contributed by atoms with Crippen molar-refractivity contribution in [1.82, 2.24) is 19.5 Å². The van der Waals surface area contributed by atoms with Gasteiger partial charge in [0.1, 0.15) is 5.52 Å². The van der Waals surface area contributed by atoms with Crippen LogP contribution in [0.1, 0.15) is 31.5 Å². The number of halogens is 1. The van der Waals surface area contributed by atoms with Crippen molar-refractivity contribution in [3.8, 4) is 11.7 Å². The first-order chi connectivity index (χ1) is 16.1. The van der Waals surface area contributed by atoms with Crippen molar-refractivity contribution in [3.63, 3.8) is 0 Å². The molecular weight excluding hydrogens is 438 g/mol. The summed E-state index contributed by atoms with van der Waals surface area (Å²) in [6.07, 6.45) is 5.24. The quantitative estimate of drug-likeness (QED) is 0.493. The topological polar surface area (TPSA) is 81.9 Å². The van der Waals surface area contributed by atoms with Crippen LogP contribution in [0.25, 0.3) is 27.8 Å². The van der Waals surface area contributed by atoms with Crippen LogP contribution < -0.4 is 26.1 Å². The smallest absolute Gasteiger partial charge is 0.318 e. The van der Waals surface area contributed by atoms with Crippen LogP contribution in [0.2, 0.25) is 0 Å². The summed E-state index contributed by atoms with van der Waals surface area (Å²) in [4.78, 5) is 27.0. The molecule has 0 amide bonds. The molecule has 0 saturated heterocycles. The third kappa shape index (κ3) is 3.85. The number of nitrogens with one attached hydrogen (secondary N) is 1. The number of rotatable bonds is 5. The Bertz CT molecular complexity index is 1530. The Morgan fingerprint density at radius 3 is 2.76 bits per heavy atom. The average molecular weight is 460 g/mol. The zero-order valence-corrected chi connectivity index (χ0v) is 19.0. The Balaban J connectivity index is 1.71. The molecule has 1 aliphatic carbocycles. The van der Waals surface area contributed by atoms with Crippen molar-refractivity contribution in [2.24, 2.45) is 0 Å². The molecule has 0 fully saturated rings. The molecule has 1 atom stereocenters. The molecule has 7 nitrogen and oxygen atoms in total. The lowest BCUT2D eigenvalue weighted by atomic mass is 10.1. The zero-order valence-electron chi connectivity index (χ0n) is 18.2. The van der Waals surface area contributed by atoms with Gasteiger partial charge in [0.2, 0.25) is 0 Å². The van der Waals surface area contributed by atoms with Crippen LogP contribution in [0, 0.1) is 0 Å². The van der Waals surface area contributed by atoms with Crippen LogP contribution in [0.5, 0.6) is 6.01 Å². The maximum absolute atomic E-state index is 13.7. The fourth-order valence-electron chi connectivity index (χ4n) is 4.14. The number of pyridine rings is 2. The van der Waals surface area contributed by atoms with Crippen molar-refractivity contribution in [2.75, 3.05) is 12.4 Å². The summed E-state index contributed by atoms with van der Waals surface area (Å²) in [5.41, 5.74) is 2.72. The van der Waals surface area contributed by atoms with E-state index >= 15 is 0 Å². The van der Waals surface area contributed by atoms with E-state index in [4.69, 9.17) is 16.3 Å². The Morgan fingerprint density at radius 1 is 1.15 bits per heavy atom. The van der Waals surface area contributed by atoms with Crippen molar-refractivity contribution >= 4 is 39.6 Å². The van der Waals surface area contributed by atoms with Gasteiger partial charge in [0.25, 0.3) is 5.56 Å². The highest BCUT2D eigenvalue weighted by atomic mass is 35.5. The molecule has 3 heterocycles. The van der Waals surface area contributed by atoms with Crippen LogP contribution in [0.4, 0.5) is 5.82 Å². The van der Waals surface area contributed by atoms with Gasteiger partial charge in [-0.25, -0.2) is 0 Å². The van der Waals surface area contributed by atoms with Gasteiger partial charge in [0.15, 0.2) is 5.82 Å². The first-order valence-corrected chi connectivity index (χ1v) is 11.1. The van der Waals surface area contributed by atoms with Crippen LogP contribution in [-0.2, 0) is 0 Å². The van der Waals surface area contributed by atoms with Crippen LogP contribution in [-0.4, -0.2) is 26.6 Å². The first kappa shape index (κ1) is 21.2. The lowest BCUT2D eigenvalue weighted by Gasteiger charge is -2.22. The standard InChI is InChI=1S/C25H22ClN5O2/c1-15(28-23-22-19(12-7-13-27-22)29-25(30-23)33-2)20-14-16-8-6-11-18(26)21(16)24(32)31(20)17-9-4-3-5-10-17/h3-5,7-10,12-15H,6,11H2,1-2H3,(H,28,29,30). The number of aromatic nitrogens is 4. The van der Waals surface area contributed by atoms with Crippen molar-refractivity contribution in [3.05, 3.63) is 81.2 Å². The molecule has 0 radical (unpaired) electrons. The maximum Gasteiger partial charge on any atom is 0.318 e. The summed E-state index contributed by atoms with van der Waals surface area (Å²) in [5.74, 6) is 0.531. The van der Waals surface area contributed by atoms with Crippen LogP contribution in [0.15, 0.2) is 59.5 Å². The maximum atomic E-state index is 13.7. The molecule has 0 bridgehead atoms. The monoisotopic (exact) mass is 459 g/mol. The molecule has 1 aromatic carbocycles. The lowest BCUT2D eigenvalue weighted by molar-refractivity contribution is 0.382. The highest BCUT2D eigenvalue weighted by Gasteiger charge is 2.19. The minimum absolute atomic E-state index is 0.133. The van der Waals surface area contributed by atoms with E-state index in [0.717, 1.165) is 23.0 Å². The SMILES string of the molecule is COc1nc(NC(C)c2cc3c(c(=O)n2-c2ccccc2)=C(Cl)CCC=3)c2ncccc2n1. The van der Waals surface area contributed by atoms with E-state index in [1.807, 2.05) is 55.5 Å². The molecule has 5 rings (SSSR count). The normalized spacial score (nSPS) is 13.8. The van der Waals surface area contributed by atoms with Crippen molar-refractivity contribution in [2.45, 2.75) is 25.8 Å². The fraction of sp³-hybridized carbons (Fsp3) is 0.200. The number of hydrogen-bond donors (Lipinski definition) is 1. The summed E-state index contributed by atoms with van der Waals surface area (Å²) in [6, 6.07) is 15.2. The van der Waals surface area contributed by atoms with Gasteiger partial charge >= 0.3 is 6.01 Å². The van der Waals surface area contributed by atoms with Crippen molar-refractivity contribution in [1.29, 1.82) is 0 Å². The predicted molar refractivity (Wildman–Crippen MR) is 130 cm³/mol. The Morgan fingerprint density at radius 2 is 1.97 bits per heavy atom. The summed E-state index contributed by atoms with van der Waals surface area (Å²) in [5, 5.41) is 5.45. The molecule has 0 saturated carbocycles. The van der Waals surface area contributed by atoms with Gasteiger partial charge < -0.3 is 10.1 Å².